The van der Waals surface area contributed by atoms with Crippen LogP contribution in [0.1, 0.15) is 57.4 Å². The number of piperazine rings is 1. The normalized spacial score (nSPS) is 20.7. The van der Waals surface area contributed by atoms with Gasteiger partial charge in [-0.1, -0.05) is 38.3 Å². The number of rotatable bonds is 6. The quantitative estimate of drug-likeness (QED) is 0.609. The van der Waals surface area contributed by atoms with Gasteiger partial charge in [-0.3, -0.25) is 9.69 Å². The van der Waals surface area contributed by atoms with E-state index in [1.807, 2.05) is 18.2 Å². The summed E-state index contributed by atoms with van der Waals surface area (Å²) in [6, 6.07) is 10.8. The van der Waals surface area contributed by atoms with Gasteiger partial charge < -0.3 is 14.5 Å². The summed E-state index contributed by atoms with van der Waals surface area (Å²) < 4.78 is 5.96. The molecule has 188 valence electrons. The maximum atomic E-state index is 13.2. The molecule has 3 aliphatic rings. The minimum atomic E-state index is 0.127. The largest absolute Gasteiger partial charge is 0.439 e. The highest BCUT2D eigenvalue weighted by Gasteiger charge is 2.32. The molecule has 5 rings (SSSR count). The van der Waals surface area contributed by atoms with E-state index in [0.29, 0.717) is 11.8 Å². The Morgan fingerprint density at radius 2 is 1.63 bits per heavy atom. The molecule has 1 aromatic heterocycles. The number of piperidine rings is 1. The van der Waals surface area contributed by atoms with Crippen LogP contribution in [-0.2, 0) is 11.2 Å². The summed E-state index contributed by atoms with van der Waals surface area (Å²) in [6.45, 7) is 7.67. The summed E-state index contributed by atoms with van der Waals surface area (Å²) in [7, 11) is 0. The molecule has 0 bridgehead atoms. The Bertz CT molecular complexity index is 960. The van der Waals surface area contributed by atoms with Crippen LogP contribution in [0.15, 0.2) is 36.7 Å². The number of hydrogen-bond donors (Lipinski definition) is 0. The van der Waals surface area contributed by atoms with Gasteiger partial charge in [0.2, 0.25) is 11.8 Å². The molecule has 1 aliphatic carbocycles. The van der Waals surface area contributed by atoms with Crippen LogP contribution in [0.3, 0.4) is 0 Å². The van der Waals surface area contributed by atoms with Crippen molar-refractivity contribution < 1.29 is 9.53 Å². The topological polar surface area (TPSA) is 61.8 Å². The van der Waals surface area contributed by atoms with Gasteiger partial charge in [0.1, 0.15) is 17.9 Å². The van der Waals surface area contributed by atoms with Crippen molar-refractivity contribution in [2.75, 3.05) is 44.2 Å². The zero-order valence-electron chi connectivity index (χ0n) is 21.1. The molecule has 35 heavy (non-hydrogen) atoms. The van der Waals surface area contributed by atoms with E-state index in [2.05, 4.69) is 43.7 Å². The molecular formula is C28H39N5O2. The number of ether oxygens (including phenoxy) is 1. The first-order chi connectivity index (χ1) is 17.2. The van der Waals surface area contributed by atoms with E-state index in [1.54, 1.807) is 6.33 Å². The fourth-order valence-corrected chi connectivity index (χ4v) is 5.84. The van der Waals surface area contributed by atoms with E-state index in [0.717, 1.165) is 76.1 Å². The third kappa shape index (κ3) is 5.95. The van der Waals surface area contributed by atoms with Gasteiger partial charge in [-0.05, 0) is 49.8 Å². The summed E-state index contributed by atoms with van der Waals surface area (Å²) in [6.07, 6.45) is 11.1. The highest BCUT2D eigenvalue weighted by Crippen LogP contribution is 2.28. The molecule has 7 nitrogen and oxygen atoms in total. The van der Waals surface area contributed by atoms with Gasteiger partial charge in [0.05, 0.1) is 0 Å². The third-order valence-corrected chi connectivity index (χ3v) is 8.07. The van der Waals surface area contributed by atoms with Crippen molar-refractivity contribution in [2.24, 2.45) is 5.92 Å². The third-order valence-electron chi connectivity index (χ3n) is 8.07. The molecule has 0 N–H and O–H groups in total. The molecule has 1 amide bonds. The lowest BCUT2D eigenvalue weighted by Gasteiger charge is -2.42. The number of carbonyl (C=O) groups is 1. The Labute approximate surface area is 209 Å². The molecule has 2 aliphatic heterocycles. The van der Waals surface area contributed by atoms with Crippen molar-refractivity contribution in [3.05, 3.63) is 42.2 Å². The number of carbonyl (C=O) groups excluding carboxylic acids is 1. The standard InChI is InChI=1S/C28H39N5O2/c1-2-22-8-10-25(11-9-22)35-27-20-26(29-21-30-27)32-14-12-23(13-15-32)28(34)33-18-16-31(17-19-33)24-6-4-3-5-7-24/h8-11,20-21,23-24H,2-7,12-19H2,1H3. The Morgan fingerprint density at radius 3 is 2.31 bits per heavy atom. The average molecular weight is 478 g/mol. The molecule has 1 saturated carbocycles. The number of nitrogens with zero attached hydrogens (tertiary/aromatic N) is 5. The number of amides is 1. The fourth-order valence-electron chi connectivity index (χ4n) is 5.84. The molecule has 2 aromatic rings. The smallest absolute Gasteiger partial charge is 0.225 e. The average Bonchev–Trinajstić information content (AvgIpc) is 2.94. The summed E-state index contributed by atoms with van der Waals surface area (Å²) in [4.78, 5) is 29.0. The molecule has 0 radical (unpaired) electrons. The van der Waals surface area contributed by atoms with Gasteiger partial charge in [-0.2, -0.15) is 0 Å². The zero-order chi connectivity index (χ0) is 24.0. The van der Waals surface area contributed by atoms with Crippen molar-refractivity contribution in [2.45, 2.75) is 64.3 Å². The van der Waals surface area contributed by atoms with Crippen LogP contribution < -0.4 is 9.64 Å². The minimum absolute atomic E-state index is 0.127. The van der Waals surface area contributed by atoms with Crippen LogP contribution in [0.2, 0.25) is 0 Å². The van der Waals surface area contributed by atoms with E-state index >= 15 is 0 Å². The van der Waals surface area contributed by atoms with Crippen LogP contribution in [0.5, 0.6) is 11.6 Å². The van der Waals surface area contributed by atoms with Crippen molar-refractivity contribution in [1.82, 2.24) is 19.8 Å². The molecule has 3 fully saturated rings. The molecular weight excluding hydrogens is 438 g/mol. The minimum Gasteiger partial charge on any atom is -0.439 e. The van der Waals surface area contributed by atoms with E-state index in [9.17, 15) is 4.79 Å². The highest BCUT2D eigenvalue weighted by atomic mass is 16.5. The maximum absolute atomic E-state index is 13.2. The lowest BCUT2D eigenvalue weighted by Crippen LogP contribution is -2.54. The fraction of sp³-hybridized carbons (Fsp3) is 0.607. The Kier molecular flexibility index (Phi) is 7.82. The van der Waals surface area contributed by atoms with E-state index in [-0.39, 0.29) is 5.92 Å². The second kappa shape index (κ2) is 11.4. The molecule has 0 atom stereocenters. The monoisotopic (exact) mass is 477 g/mol. The Balaban J connectivity index is 1.10. The maximum Gasteiger partial charge on any atom is 0.225 e. The van der Waals surface area contributed by atoms with Gasteiger partial charge in [-0.15, -0.1) is 0 Å². The first-order valence-electron chi connectivity index (χ1n) is 13.6. The van der Waals surface area contributed by atoms with Crippen LogP contribution in [0, 0.1) is 5.92 Å². The highest BCUT2D eigenvalue weighted by molar-refractivity contribution is 5.79. The molecule has 0 spiro atoms. The zero-order valence-corrected chi connectivity index (χ0v) is 21.1. The molecule has 7 heteroatoms. The molecule has 0 unspecified atom stereocenters. The number of aromatic nitrogens is 2. The summed E-state index contributed by atoms with van der Waals surface area (Å²) in [5.41, 5.74) is 1.28. The number of aryl methyl sites for hydroxylation is 1. The molecule has 1 aromatic carbocycles. The van der Waals surface area contributed by atoms with Gasteiger partial charge in [0, 0.05) is 57.3 Å². The van der Waals surface area contributed by atoms with Crippen molar-refractivity contribution in [3.8, 4) is 11.6 Å². The van der Waals surface area contributed by atoms with Crippen LogP contribution >= 0.6 is 0 Å². The number of anilines is 1. The van der Waals surface area contributed by atoms with E-state index in [1.165, 1.54) is 37.7 Å². The Morgan fingerprint density at radius 1 is 0.914 bits per heavy atom. The van der Waals surface area contributed by atoms with Crippen LogP contribution in [-0.4, -0.2) is 71.0 Å². The lowest BCUT2D eigenvalue weighted by atomic mass is 9.93. The van der Waals surface area contributed by atoms with Crippen molar-refractivity contribution in [3.63, 3.8) is 0 Å². The van der Waals surface area contributed by atoms with Gasteiger partial charge in [-0.25, -0.2) is 9.97 Å². The Hall–Kier alpha value is -2.67. The molecule has 3 heterocycles. The predicted octanol–water partition coefficient (Wildman–Crippen LogP) is 4.52. The van der Waals surface area contributed by atoms with Crippen molar-refractivity contribution in [1.29, 1.82) is 0 Å². The molecule has 2 saturated heterocycles. The first-order valence-corrected chi connectivity index (χ1v) is 13.6. The van der Waals surface area contributed by atoms with E-state index < -0.39 is 0 Å². The SMILES string of the molecule is CCc1ccc(Oc2cc(N3CCC(C(=O)N4CCN(C5CCCCC5)CC4)CC3)ncn2)cc1. The van der Waals surface area contributed by atoms with Crippen LogP contribution in [0.25, 0.3) is 0 Å². The van der Waals surface area contributed by atoms with Crippen molar-refractivity contribution >= 4 is 11.7 Å². The second-order valence-corrected chi connectivity index (χ2v) is 10.2. The van der Waals surface area contributed by atoms with Crippen LogP contribution in [0.4, 0.5) is 5.82 Å². The summed E-state index contributed by atoms with van der Waals surface area (Å²) in [5, 5.41) is 0. The summed E-state index contributed by atoms with van der Waals surface area (Å²) in [5.74, 6) is 2.68. The van der Waals surface area contributed by atoms with Gasteiger partial charge >= 0.3 is 0 Å². The van der Waals surface area contributed by atoms with E-state index in [4.69, 9.17) is 4.74 Å². The lowest BCUT2D eigenvalue weighted by molar-refractivity contribution is -0.138. The summed E-state index contributed by atoms with van der Waals surface area (Å²) >= 11 is 0. The number of hydrogen-bond acceptors (Lipinski definition) is 6. The second-order valence-electron chi connectivity index (χ2n) is 10.2. The van der Waals surface area contributed by atoms with Gasteiger partial charge in [0.25, 0.3) is 0 Å². The van der Waals surface area contributed by atoms with Gasteiger partial charge in [0.15, 0.2) is 0 Å². The number of benzene rings is 1. The predicted molar refractivity (Wildman–Crippen MR) is 138 cm³/mol. The first kappa shape index (κ1) is 24.0.